The van der Waals surface area contributed by atoms with Crippen LogP contribution in [0.25, 0.3) is 10.8 Å². The van der Waals surface area contributed by atoms with Crippen LogP contribution >= 0.6 is 0 Å². The van der Waals surface area contributed by atoms with Gasteiger partial charge in [-0.15, -0.1) is 0 Å². The fraction of sp³-hybridized carbons (Fsp3) is 0.500. The van der Waals surface area contributed by atoms with Gasteiger partial charge in [-0.25, -0.2) is 0 Å². The number of rotatable bonds is 6. The molecular weight excluding hydrogens is 340 g/mol. The standard InChI is InChI=1S/C22H32O3Si/c1-15(20(23)16(2)25-26(6,7)22(3,4)5)21(24)19-14-10-12-17-11-8-9-13-18(17)19/h8-16,21,24H,1-7H3/t15-,16-,21+/m0/s1. The summed E-state index contributed by atoms with van der Waals surface area (Å²) in [5.41, 5.74) is 0.795. The number of fused-ring (bicyclic) bond motifs is 1. The average molecular weight is 373 g/mol. The van der Waals surface area contributed by atoms with Gasteiger partial charge in [0.1, 0.15) is 6.10 Å². The van der Waals surface area contributed by atoms with Gasteiger partial charge in [0.15, 0.2) is 14.1 Å². The molecule has 0 aromatic heterocycles. The predicted octanol–water partition coefficient (Wildman–Crippen LogP) is 5.49. The van der Waals surface area contributed by atoms with Crippen LogP contribution in [0, 0.1) is 5.92 Å². The number of aliphatic hydroxyl groups is 1. The van der Waals surface area contributed by atoms with Crippen molar-refractivity contribution >= 4 is 24.9 Å². The minimum absolute atomic E-state index is 0.0407. The van der Waals surface area contributed by atoms with Crippen LogP contribution in [0.1, 0.15) is 46.3 Å². The fourth-order valence-electron chi connectivity index (χ4n) is 2.98. The third kappa shape index (κ3) is 4.25. The van der Waals surface area contributed by atoms with E-state index in [1.54, 1.807) is 6.92 Å². The number of aliphatic hydroxyl groups excluding tert-OH is 1. The molecule has 0 aliphatic carbocycles. The van der Waals surface area contributed by atoms with Crippen molar-refractivity contribution in [1.82, 2.24) is 0 Å². The maximum Gasteiger partial charge on any atom is 0.193 e. The van der Waals surface area contributed by atoms with Crippen LogP contribution in [0.4, 0.5) is 0 Å². The lowest BCUT2D eigenvalue weighted by atomic mass is 9.89. The third-order valence-corrected chi connectivity index (χ3v) is 10.3. The molecular formula is C22H32O3Si. The topological polar surface area (TPSA) is 46.5 Å². The van der Waals surface area contributed by atoms with E-state index in [1.807, 2.05) is 49.4 Å². The molecule has 0 spiro atoms. The summed E-state index contributed by atoms with van der Waals surface area (Å²) in [6.45, 7) is 14.4. The first kappa shape index (κ1) is 20.8. The number of ketones is 1. The van der Waals surface area contributed by atoms with Crippen molar-refractivity contribution in [3.05, 3.63) is 48.0 Å². The normalized spacial score (nSPS) is 16.3. The van der Waals surface area contributed by atoms with Gasteiger partial charge in [-0.05, 0) is 41.4 Å². The van der Waals surface area contributed by atoms with Gasteiger partial charge in [-0.2, -0.15) is 0 Å². The zero-order valence-corrected chi connectivity index (χ0v) is 18.0. The molecule has 1 N–H and O–H groups in total. The molecule has 2 aromatic rings. The number of carbonyl (C=O) groups is 1. The summed E-state index contributed by atoms with van der Waals surface area (Å²) in [7, 11) is -2.04. The number of Topliss-reactive ketones (excluding diaryl/α,β-unsaturated/α-hetero) is 1. The molecule has 3 atom stereocenters. The molecule has 26 heavy (non-hydrogen) atoms. The first-order chi connectivity index (χ1) is 12.0. The summed E-state index contributed by atoms with van der Waals surface area (Å²) in [6.07, 6.45) is -1.37. The molecule has 0 radical (unpaired) electrons. The highest BCUT2D eigenvalue weighted by molar-refractivity contribution is 6.74. The minimum atomic E-state index is -2.04. The zero-order valence-electron chi connectivity index (χ0n) is 17.0. The Balaban J connectivity index is 2.21. The van der Waals surface area contributed by atoms with E-state index in [0.29, 0.717) is 0 Å². The zero-order chi connectivity index (χ0) is 19.7. The number of hydrogen-bond donors (Lipinski definition) is 1. The van der Waals surface area contributed by atoms with E-state index in [9.17, 15) is 9.90 Å². The van der Waals surface area contributed by atoms with Crippen LogP contribution in [0.15, 0.2) is 42.5 Å². The van der Waals surface area contributed by atoms with E-state index < -0.39 is 26.4 Å². The lowest BCUT2D eigenvalue weighted by Crippen LogP contribution is -2.46. The molecule has 0 aliphatic heterocycles. The number of hydrogen-bond acceptors (Lipinski definition) is 3. The molecule has 2 rings (SSSR count). The average Bonchev–Trinajstić information content (AvgIpc) is 2.57. The lowest BCUT2D eigenvalue weighted by molar-refractivity contribution is -0.132. The molecule has 0 heterocycles. The Kier molecular flexibility index (Phi) is 6.11. The van der Waals surface area contributed by atoms with Gasteiger partial charge in [0.2, 0.25) is 0 Å². The van der Waals surface area contributed by atoms with Gasteiger partial charge in [0.25, 0.3) is 0 Å². The molecule has 142 valence electrons. The molecule has 0 aliphatic rings. The first-order valence-electron chi connectivity index (χ1n) is 9.33. The van der Waals surface area contributed by atoms with Gasteiger partial charge >= 0.3 is 0 Å². The Bertz CT molecular complexity index is 771. The third-order valence-electron chi connectivity index (χ3n) is 5.74. The van der Waals surface area contributed by atoms with E-state index in [2.05, 4.69) is 33.9 Å². The van der Waals surface area contributed by atoms with Crippen molar-refractivity contribution in [2.45, 2.75) is 65.0 Å². The summed E-state index contributed by atoms with van der Waals surface area (Å²) in [4.78, 5) is 12.9. The molecule has 0 saturated carbocycles. The van der Waals surface area contributed by atoms with Gasteiger partial charge < -0.3 is 9.53 Å². The van der Waals surface area contributed by atoms with E-state index in [0.717, 1.165) is 16.3 Å². The summed E-state index contributed by atoms with van der Waals surface area (Å²) in [6, 6.07) is 13.8. The largest absolute Gasteiger partial charge is 0.407 e. The van der Waals surface area contributed by atoms with Crippen LogP contribution in [0.2, 0.25) is 18.1 Å². The second-order valence-corrected chi connectivity index (χ2v) is 13.5. The Morgan fingerprint density at radius 1 is 1.04 bits per heavy atom. The van der Waals surface area contributed by atoms with Crippen molar-refractivity contribution in [3.63, 3.8) is 0 Å². The Labute approximate surface area is 158 Å². The quantitative estimate of drug-likeness (QED) is 0.682. The molecule has 0 saturated heterocycles. The lowest BCUT2D eigenvalue weighted by Gasteiger charge is -2.38. The second kappa shape index (κ2) is 7.63. The van der Waals surface area contributed by atoms with Crippen molar-refractivity contribution < 1.29 is 14.3 Å². The highest BCUT2D eigenvalue weighted by Gasteiger charge is 2.40. The number of benzene rings is 2. The molecule has 3 nitrogen and oxygen atoms in total. The highest BCUT2D eigenvalue weighted by Crippen LogP contribution is 2.38. The van der Waals surface area contributed by atoms with Crippen LogP contribution in [-0.2, 0) is 9.22 Å². The van der Waals surface area contributed by atoms with E-state index in [-0.39, 0.29) is 10.8 Å². The molecule has 0 fully saturated rings. The number of carbonyl (C=O) groups excluding carboxylic acids is 1. The van der Waals surface area contributed by atoms with Crippen LogP contribution < -0.4 is 0 Å². The van der Waals surface area contributed by atoms with Gasteiger partial charge in [0.05, 0.1) is 6.10 Å². The fourth-order valence-corrected chi connectivity index (χ4v) is 4.33. The maximum absolute atomic E-state index is 12.9. The van der Waals surface area contributed by atoms with Crippen molar-refractivity contribution in [1.29, 1.82) is 0 Å². The summed E-state index contributed by atoms with van der Waals surface area (Å²) in [5.74, 6) is -0.573. The van der Waals surface area contributed by atoms with E-state index in [1.165, 1.54) is 0 Å². The Morgan fingerprint density at radius 2 is 1.62 bits per heavy atom. The summed E-state index contributed by atoms with van der Waals surface area (Å²) < 4.78 is 6.24. The molecule has 2 aromatic carbocycles. The van der Waals surface area contributed by atoms with E-state index in [4.69, 9.17) is 4.43 Å². The van der Waals surface area contributed by atoms with Gasteiger partial charge in [-0.1, -0.05) is 70.2 Å². The molecule has 0 bridgehead atoms. The smallest absolute Gasteiger partial charge is 0.193 e. The second-order valence-electron chi connectivity index (χ2n) is 8.72. The van der Waals surface area contributed by atoms with Crippen molar-refractivity contribution in [3.8, 4) is 0 Å². The summed E-state index contributed by atoms with van der Waals surface area (Å²) in [5, 5.41) is 13.0. The van der Waals surface area contributed by atoms with E-state index >= 15 is 0 Å². The van der Waals surface area contributed by atoms with Gasteiger partial charge in [-0.3, -0.25) is 4.79 Å². The maximum atomic E-state index is 12.9. The molecule has 0 amide bonds. The Hall–Kier alpha value is -1.49. The van der Waals surface area contributed by atoms with Crippen LogP contribution in [0.3, 0.4) is 0 Å². The highest BCUT2D eigenvalue weighted by atomic mass is 28.4. The monoisotopic (exact) mass is 372 g/mol. The summed E-state index contributed by atoms with van der Waals surface area (Å²) >= 11 is 0. The van der Waals surface area contributed by atoms with Crippen LogP contribution in [-0.4, -0.2) is 25.3 Å². The Morgan fingerprint density at radius 3 is 2.23 bits per heavy atom. The molecule has 4 heteroatoms. The van der Waals surface area contributed by atoms with Gasteiger partial charge in [0, 0.05) is 5.92 Å². The molecule has 0 unspecified atom stereocenters. The minimum Gasteiger partial charge on any atom is -0.407 e. The van der Waals surface area contributed by atoms with Crippen molar-refractivity contribution in [2.75, 3.05) is 0 Å². The van der Waals surface area contributed by atoms with Crippen molar-refractivity contribution in [2.24, 2.45) is 5.92 Å². The van der Waals surface area contributed by atoms with Crippen LogP contribution in [0.5, 0.6) is 0 Å². The SMILES string of the molecule is C[C@H](O[Si](C)(C)C(C)(C)C)C(=O)[C@H](C)[C@@H](O)c1cccc2ccccc12. The first-order valence-corrected chi connectivity index (χ1v) is 12.2. The predicted molar refractivity (Wildman–Crippen MR) is 111 cm³/mol.